The van der Waals surface area contributed by atoms with Crippen molar-refractivity contribution in [2.75, 3.05) is 13.2 Å². The Balaban J connectivity index is 1.91. The predicted molar refractivity (Wildman–Crippen MR) is 153 cm³/mol. The number of carbonyl (C=O) groups excluding carboxylic acids is 2. The van der Waals surface area contributed by atoms with Gasteiger partial charge in [0, 0.05) is 13.2 Å². The lowest BCUT2D eigenvalue weighted by Gasteiger charge is -2.03. The number of nitrogens with one attached hydrogen (secondary N) is 2. The molecule has 6 heteroatoms. The smallest absolute Gasteiger partial charge is 0.243 e. The molecule has 0 radical (unpaired) electrons. The highest BCUT2D eigenvalue weighted by molar-refractivity contribution is 5.89. The van der Waals surface area contributed by atoms with Gasteiger partial charge in [-0.25, -0.2) is 0 Å². The van der Waals surface area contributed by atoms with E-state index in [1.54, 1.807) is 12.2 Å². The van der Waals surface area contributed by atoms with Gasteiger partial charge in [0.15, 0.2) is 0 Å². The second kappa shape index (κ2) is 24.7. The number of aliphatic hydroxyl groups excluding tert-OH is 2. The van der Waals surface area contributed by atoms with E-state index in [0.29, 0.717) is 13.2 Å². The zero-order valence-electron chi connectivity index (χ0n) is 23.4. The fraction of sp³-hybridized carbons (Fsp3) is 0.806. The Morgan fingerprint density at radius 1 is 0.514 bits per heavy atom. The molecule has 0 heterocycles. The van der Waals surface area contributed by atoms with Gasteiger partial charge in [-0.05, 0) is 57.1 Å². The molecule has 0 bridgehead atoms. The number of aliphatic hydroxyl groups is 2. The average molecular weight is 521 g/mol. The number of hydrogen-bond donors (Lipinski definition) is 4. The monoisotopic (exact) mass is 520 g/mol. The van der Waals surface area contributed by atoms with Crippen molar-refractivity contribution in [3.8, 4) is 0 Å². The molecule has 6 nitrogen and oxygen atoms in total. The molecule has 0 aliphatic heterocycles. The number of allylic oxidation sites excluding steroid dienone is 2. The van der Waals surface area contributed by atoms with E-state index >= 15 is 0 Å². The molecular formula is C31H56N2O4. The van der Waals surface area contributed by atoms with Gasteiger partial charge < -0.3 is 20.8 Å². The van der Waals surface area contributed by atoms with Crippen LogP contribution in [0.1, 0.15) is 135 Å². The first kappa shape index (κ1) is 33.4. The third kappa shape index (κ3) is 22.1. The molecule has 2 amide bonds. The van der Waals surface area contributed by atoms with Crippen LogP contribution in [0.4, 0.5) is 0 Å². The zero-order chi connectivity index (χ0) is 26.8. The van der Waals surface area contributed by atoms with Gasteiger partial charge in [0.2, 0.25) is 11.8 Å². The van der Waals surface area contributed by atoms with Crippen molar-refractivity contribution < 1.29 is 19.8 Å². The Bertz CT molecular complexity index is 568. The predicted octanol–water partition coefficient (Wildman–Crippen LogP) is 6.26. The largest absolute Gasteiger partial charge is 0.396 e. The first-order valence-electron chi connectivity index (χ1n) is 15.3. The van der Waals surface area contributed by atoms with Gasteiger partial charge >= 0.3 is 0 Å². The second-order valence-electron chi connectivity index (χ2n) is 10.7. The molecule has 4 N–H and O–H groups in total. The van der Waals surface area contributed by atoms with Crippen molar-refractivity contribution in [1.82, 2.24) is 10.6 Å². The summed E-state index contributed by atoms with van der Waals surface area (Å²) in [7, 11) is 0. The molecule has 0 saturated heterocycles. The van der Waals surface area contributed by atoms with Gasteiger partial charge in [0.1, 0.15) is 0 Å². The summed E-state index contributed by atoms with van der Waals surface area (Å²) in [6.45, 7) is 0.632. The van der Waals surface area contributed by atoms with Crippen LogP contribution in [0.25, 0.3) is 0 Å². The molecule has 1 aliphatic carbocycles. The maximum atomic E-state index is 12.1. The third-order valence-electron chi connectivity index (χ3n) is 7.04. The van der Waals surface area contributed by atoms with E-state index in [4.69, 9.17) is 10.2 Å². The fourth-order valence-corrected chi connectivity index (χ4v) is 4.58. The minimum Gasteiger partial charge on any atom is -0.396 e. The number of unbranched alkanes of at least 4 members (excludes halogenated alkanes) is 18. The van der Waals surface area contributed by atoms with Crippen molar-refractivity contribution in [3.05, 3.63) is 24.3 Å². The molecule has 0 spiro atoms. The Labute approximate surface area is 226 Å². The number of hydrogen-bond acceptors (Lipinski definition) is 4. The molecule has 2 atom stereocenters. The van der Waals surface area contributed by atoms with Gasteiger partial charge in [-0.1, -0.05) is 102 Å². The van der Waals surface area contributed by atoms with Crippen molar-refractivity contribution in [2.45, 2.75) is 147 Å². The van der Waals surface area contributed by atoms with E-state index in [1.165, 1.54) is 77.0 Å². The number of amides is 2. The molecular weight excluding hydrogens is 464 g/mol. The summed E-state index contributed by atoms with van der Waals surface area (Å²) in [6.07, 6.45) is 31.3. The Kier molecular flexibility index (Phi) is 22.2. The molecule has 37 heavy (non-hydrogen) atoms. The molecule has 0 aromatic rings. The minimum absolute atomic E-state index is 0.0514. The molecule has 0 aromatic carbocycles. The molecule has 1 aliphatic rings. The molecule has 1 fully saturated rings. The maximum absolute atomic E-state index is 12.1. The van der Waals surface area contributed by atoms with Crippen molar-refractivity contribution in [2.24, 2.45) is 0 Å². The highest BCUT2D eigenvalue weighted by Crippen LogP contribution is 2.21. The lowest BCUT2D eigenvalue weighted by molar-refractivity contribution is -0.118. The lowest BCUT2D eigenvalue weighted by atomic mass is 10.1. The van der Waals surface area contributed by atoms with E-state index in [9.17, 15) is 9.59 Å². The third-order valence-corrected chi connectivity index (χ3v) is 7.04. The summed E-state index contributed by atoms with van der Waals surface area (Å²) >= 11 is 0. The normalized spacial score (nSPS) is 17.0. The Morgan fingerprint density at radius 3 is 1.14 bits per heavy atom. The standard InChI is InChI=1S/C31H56N2O4/c34-25-21-17-13-9-5-1-3-7-11-15-19-23-30(36)32-28-27-29(28)33-31(37)24-20-16-12-8-4-2-6-10-14-18-22-26-35/h19-20,23-24,28-29,34-35H,1-18,21-22,25-27H2,(H,32,36)(H,33,37)/b23-19+,24-20+/t28-,29-/m1/s1. The van der Waals surface area contributed by atoms with Gasteiger partial charge in [-0.3, -0.25) is 9.59 Å². The first-order chi connectivity index (χ1) is 18.2. The van der Waals surface area contributed by atoms with Crippen LogP contribution in [0.15, 0.2) is 24.3 Å². The summed E-state index contributed by atoms with van der Waals surface area (Å²) in [6, 6.07) is 0.103. The van der Waals surface area contributed by atoms with Gasteiger partial charge in [0.25, 0.3) is 0 Å². The molecule has 214 valence electrons. The Hall–Kier alpha value is -1.66. The number of carbonyl (C=O) groups is 2. The average Bonchev–Trinajstić information content (AvgIpc) is 3.61. The topological polar surface area (TPSA) is 98.7 Å². The molecule has 0 aromatic heterocycles. The first-order valence-corrected chi connectivity index (χ1v) is 15.3. The van der Waals surface area contributed by atoms with E-state index in [1.807, 2.05) is 12.2 Å². The lowest BCUT2D eigenvalue weighted by Crippen LogP contribution is -2.33. The van der Waals surface area contributed by atoms with E-state index in [2.05, 4.69) is 10.6 Å². The minimum atomic E-state index is -0.0645. The quantitative estimate of drug-likeness (QED) is 0.0799. The molecule has 1 saturated carbocycles. The van der Waals surface area contributed by atoms with Crippen molar-refractivity contribution >= 4 is 11.8 Å². The summed E-state index contributed by atoms with van der Waals surface area (Å²) in [5, 5.41) is 23.5. The highest BCUT2D eigenvalue weighted by Gasteiger charge is 2.38. The SMILES string of the molecule is O=C(/C=C/CCCCCCCCCCCO)N[C@@H]1C[C@H]1NC(=O)/C=C/CCCCCCCCCCCO. The summed E-state index contributed by atoms with van der Waals surface area (Å²) in [5.41, 5.74) is 0. The van der Waals surface area contributed by atoms with E-state index in [0.717, 1.165) is 57.8 Å². The van der Waals surface area contributed by atoms with Gasteiger partial charge in [-0.2, -0.15) is 0 Å². The second-order valence-corrected chi connectivity index (χ2v) is 10.7. The van der Waals surface area contributed by atoms with E-state index in [-0.39, 0.29) is 23.9 Å². The van der Waals surface area contributed by atoms with Crippen LogP contribution in [0.3, 0.4) is 0 Å². The summed E-state index contributed by atoms with van der Waals surface area (Å²) in [5.74, 6) is -0.129. The molecule has 1 rings (SSSR count). The van der Waals surface area contributed by atoms with Crippen LogP contribution in [0, 0.1) is 0 Å². The van der Waals surface area contributed by atoms with Gasteiger partial charge in [0.05, 0.1) is 12.1 Å². The van der Waals surface area contributed by atoms with Crippen LogP contribution < -0.4 is 10.6 Å². The molecule has 0 unspecified atom stereocenters. The Morgan fingerprint density at radius 2 is 0.811 bits per heavy atom. The van der Waals surface area contributed by atoms with Crippen LogP contribution in [-0.2, 0) is 9.59 Å². The maximum Gasteiger partial charge on any atom is 0.243 e. The fourth-order valence-electron chi connectivity index (χ4n) is 4.58. The van der Waals surface area contributed by atoms with E-state index < -0.39 is 0 Å². The summed E-state index contributed by atoms with van der Waals surface area (Å²) < 4.78 is 0. The highest BCUT2D eigenvalue weighted by atomic mass is 16.3. The van der Waals surface area contributed by atoms with Crippen LogP contribution in [0.2, 0.25) is 0 Å². The summed E-state index contributed by atoms with van der Waals surface area (Å²) in [4.78, 5) is 24.1. The van der Waals surface area contributed by atoms with Gasteiger partial charge in [-0.15, -0.1) is 0 Å². The van der Waals surface area contributed by atoms with Crippen molar-refractivity contribution in [3.63, 3.8) is 0 Å². The van der Waals surface area contributed by atoms with Crippen LogP contribution in [0.5, 0.6) is 0 Å². The van der Waals surface area contributed by atoms with Crippen LogP contribution >= 0.6 is 0 Å². The van der Waals surface area contributed by atoms with Crippen molar-refractivity contribution in [1.29, 1.82) is 0 Å². The number of rotatable bonds is 26. The zero-order valence-corrected chi connectivity index (χ0v) is 23.4. The van der Waals surface area contributed by atoms with Crippen LogP contribution in [-0.4, -0.2) is 47.3 Å².